The molecule has 2 atom stereocenters. The summed E-state index contributed by atoms with van der Waals surface area (Å²) in [5.74, 6) is 1.73. The van der Waals surface area contributed by atoms with Gasteiger partial charge in [0.15, 0.2) is 0 Å². The van der Waals surface area contributed by atoms with Gasteiger partial charge in [0.2, 0.25) is 5.91 Å². The standard InChI is InChI=1S/C19H19BrN2O3/c1-24-14-4-2-12(3-5-14)10-22-18-16(8-13(20)9-21-18)15-6-7-25-11-17(15)19(22)23/h2-5,8-9,15,17H,6-7,10-11H2,1H3/t15-,17+/m1/s1. The molecular formula is C19H19BrN2O3. The maximum atomic E-state index is 13.1. The summed E-state index contributed by atoms with van der Waals surface area (Å²) in [6.45, 7) is 1.67. The number of fused-ring (bicyclic) bond motifs is 3. The fraction of sp³-hybridized carbons (Fsp3) is 0.368. The maximum absolute atomic E-state index is 13.1. The smallest absolute Gasteiger partial charge is 0.234 e. The fourth-order valence-electron chi connectivity index (χ4n) is 3.67. The lowest BCUT2D eigenvalue weighted by molar-refractivity contribution is -0.128. The van der Waals surface area contributed by atoms with Crippen LogP contribution in [0.1, 0.15) is 23.5 Å². The number of pyridine rings is 1. The molecule has 1 amide bonds. The van der Waals surface area contributed by atoms with Gasteiger partial charge in [-0.05, 0) is 46.1 Å². The molecule has 0 aliphatic carbocycles. The first-order valence-corrected chi connectivity index (χ1v) is 9.14. The molecule has 2 aliphatic rings. The number of anilines is 1. The van der Waals surface area contributed by atoms with E-state index in [9.17, 15) is 4.79 Å². The van der Waals surface area contributed by atoms with Crippen LogP contribution in [0.4, 0.5) is 5.82 Å². The van der Waals surface area contributed by atoms with Crippen molar-refractivity contribution in [2.45, 2.75) is 18.9 Å². The van der Waals surface area contributed by atoms with Gasteiger partial charge in [0.05, 0.1) is 26.2 Å². The molecule has 0 unspecified atom stereocenters. The minimum absolute atomic E-state index is 0.0999. The lowest BCUT2D eigenvalue weighted by Gasteiger charge is -2.40. The van der Waals surface area contributed by atoms with Crippen LogP contribution in [0.3, 0.4) is 0 Å². The summed E-state index contributed by atoms with van der Waals surface area (Å²) < 4.78 is 11.7. The van der Waals surface area contributed by atoms with E-state index in [0.717, 1.165) is 33.6 Å². The van der Waals surface area contributed by atoms with Crippen molar-refractivity contribution >= 4 is 27.7 Å². The molecule has 0 saturated carbocycles. The Morgan fingerprint density at radius 2 is 2.12 bits per heavy atom. The second-order valence-corrected chi connectivity index (χ2v) is 7.33. The van der Waals surface area contributed by atoms with Gasteiger partial charge in [0.1, 0.15) is 11.6 Å². The molecule has 4 rings (SSSR count). The number of benzene rings is 1. The summed E-state index contributed by atoms with van der Waals surface area (Å²) in [5.41, 5.74) is 2.18. The number of aromatic nitrogens is 1. The zero-order chi connectivity index (χ0) is 17.4. The number of rotatable bonds is 3. The van der Waals surface area contributed by atoms with Crippen molar-refractivity contribution in [3.05, 3.63) is 52.1 Å². The molecule has 1 aromatic carbocycles. The Morgan fingerprint density at radius 1 is 1.32 bits per heavy atom. The van der Waals surface area contributed by atoms with E-state index in [1.165, 1.54) is 0 Å². The minimum Gasteiger partial charge on any atom is -0.497 e. The lowest BCUT2D eigenvalue weighted by atomic mass is 9.79. The third kappa shape index (κ3) is 3.04. The van der Waals surface area contributed by atoms with Crippen molar-refractivity contribution in [3.63, 3.8) is 0 Å². The Labute approximate surface area is 155 Å². The quantitative estimate of drug-likeness (QED) is 0.787. The summed E-state index contributed by atoms with van der Waals surface area (Å²) in [5, 5.41) is 0. The average molecular weight is 403 g/mol. The van der Waals surface area contributed by atoms with E-state index in [-0.39, 0.29) is 17.7 Å². The van der Waals surface area contributed by atoms with Crippen LogP contribution in [0.15, 0.2) is 41.0 Å². The van der Waals surface area contributed by atoms with Crippen molar-refractivity contribution < 1.29 is 14.3 Å². The Balaban J connectivity index is 1.71. The number of amides is 1. The second kappa shape index (κ2) is 6.77. The molecule has 130 valence electrons. The van der Waals surface area contributed by atoms with Crippen LogP contribution in [0.5, 0.6) is 5.75 Å². The number of carbonyl (C=O) groups excluding carboxylic acids is 1. The monoisotopic (exact) mass is 402 g/mol. The number of carbonyl (C=O) groups is 1. The summed E-state index contributed by atoms with van der Waals surface area (Å²) in [6, 6.07) is 9.87. The third-order valence-electron chi connectivity index (χ3n) is 4.96. The van der Waals surface area contributed by atoms with Crippen molar-refractivity contribution in [1.29, 1.82) is 0 Å². The van der Waals surface area contributed by atoms with Gasteiger partial charge >= 0.3 is 0 Å². The predicted molar refractivity (Wildman–Crippen MR) is 97.8 cm³/mol. The normalized spacial score (nSPS) is 22.3. The van der Waals surface area contributed by atoms with Crippen LogP contribution in [0.25, 0.3) is 0 Å². The second-order valence-electron chi connectivity index (χ2n) is 6.42. The molecule has 0 bridgehead atoms. The lowest BCUT2D eigenvalue weighted by Crippen LogP contribution is -2.47. The Hall–Kier alpha value is -1.92. The van der Waals surface area contributed by atoms with Crippen molar-refractivity contribution in [2.24, 2.45) is 5.92 Å². The Morgan fingerprint density at radius 3 is 2.88 bits per heavy atom. The fourth-order valence-corrected chi connectivity index (χ4v) is 4.02. The number of ether oxygens (including phenoxy) is 2. The molecule has 5 nitrogen and oxygen atoms in total. The topological polar surface area (TPSA) is 51.7 Å². The van der Waals surface area contributed by atoms with Gasteiger partial charge in [0, 0.05) is 28.8 Å². The summed E-state index contributed by atoms with van der Waals surface area (Å²) in [7, 11) is 1.64. The van der Waals surface area contributed by atoms with Crippen LogP contribution in [-0.4, -0.2) is 31.2 Å². The molecular weight excluding hydrogens is 384 g/mol. The largest absolute Gasteiger partial charge is 0.497 e. The highest BCUT2D eigenvalue weighted by atomic mass is 79.9. The highest BCUT2D eigenvalue weighted by molar-refractivity contribution is 9.10. The van der Waals surface area contributed by atoms with Crippen LogP contribution < -0.4 is 9.64 Å². The number of hydrogen-bond donors (Lipinski definition) is 0. The number of halogens is 1. The summed E-state index contributed by atoms with van der Waals surface area (Å²) in [4.78, 5) is 19.5. The van der Waals surface area contributed by atoms with Crippen molar-refractivity contribution in [3.8, 4) is 5.75 Å². The van der Waals surface area contributed by atoms with Gasteiger partial charge < -0.3 is 9.47 Å². The molecule has 2 aliphatic heterocycles. The zero-order valence-electron chi connectivity index (χ0n) is 13.9. The summed E-state index contributed by atoms with van der Waals surface area (Å²) in [6.07, 6.45) is 2.62. The van der Waals surface area contributed by atoms with Crippen molar-refractivity contribution in [1.82, 2.24) is 4.98 Å². The first kappa shape index (κ1) is 16.5. The van der Waals surface area contributed by atoms with E-state index in [4.69, 9.17) is 9.47 Å². The van der Waals surface area contributed by atoms with Gasteiger partial charge in [-0.2, -0.15) is 0 Å². The molecule has 0 N–H and O–H groups in total. The molecule has 6 heteroatoms. The first-order chi connectivity index (χ1) is 12.2. The van der Waals surface area contributed by atoms with Gasteiger partial charge in [0.25, 0.3) is 0 Å². The molecule has 0 radical (unpaired) electrons. The number of hydrogen-bond acceptors (Lipinski definition) is 4. The van der Waals surface area contributed by atoms with E-state index >= 15 is 0 Å². The highest BCUT2D eigenvalue weighted by Crippen LogP contribution is 2.43. The zero-order valence-corrected chi connectivity index (χ0v) is 15.5. The molecule has 2 aromatic rings. The van der Waals surface area contributed by atoms with E-state index in [0.29, 0.717) is 19.8 Å². The van der Waals surface area contributed by atoms with Crippen molar-refractivity contribution in [2.75, 3.05) is 25.2 Å². The van der Waals surface area contributed by atoms with E-state index in [1.54, 1.807) is 18.2 Å². The molecule has 25 heavy (non-hydrogen) atoms. The van der Waals surface area contributed by atoms with E-state index < -0.39 is 0 Å². The van der Waals surface area contributed by atoms with E-state index in [2.05, 4.69) is 27.0 Å². The van der Waals surface area contributed by atoms with Crippen LogP contribution in [0, 0.1) is 5.92 Å². The van der Waals surface area contributed by atoms with Crippen LogP contribution in [0.2, 0.25) is 0 Å². The minimum atomic E-state index is -0.129. The predicted octanol–water partition coefficient (Wildman–Crippen LogP) is 3.52. The molecule has 1 fully saturated rings. The molecule has 0 spiro atoms. The Bertz CT molecular complexity index is 794. The molecule has 3 heterocycles. The third-order valence-corrected chi connectivity index (χ3v) is 5.39. The average Bonchev–Trinajstić information content (AvgIpc) is 2.66. The van der Waals surface area contributed by atoms with Crippen LogP contribution in [-0.2, 0) is 16.1 Å². The summed E-state index contributed by atoms with van der Waals surface area (Å²) >= 11 is 3.51. The van der Waals surface area contributed by atoms with Gasteiger partial charge in [-0.15, -0.1) is 0 Å². The maximum Gasteiger partial charge on any atom is 0.234 e. The SMILES string of the molecule is COc1ccc(CN2C(=O)[C@H]3COCC[C@@H]3c3cc(Br)cnc32)cc1. The Kier molecular flexibility index (Phi) is 4.48. The first-order valence-electron chi connectivity index (χ1n) is 8.35. The molecule has 1 saturated heterocycles. The molecule has 1 aromatic heterocycles. The van der Waals surface area contributed by atoms with Gasteiger partial charge in [-0.25, -0.2) is 4.98 Å². The number of nitrogens with zero attached hydrogens (tertiary/aromatic N) is 2. The van der Waals surface area contributed by atoms with Crippen LogP contribution >= 0.6 is 15.9 Å². The van der Waals surface area contributed by atoms with Gasteiger partial charge in [-0.3, -0.25) is 9.69 Å². The van der Waals surface area contributed by atoms with E-state index in [1.807, 2.05) is 24.3 Å². The van der Waals surface area contributed by atoms with Gasteiger partial charge in [-0.1, -0.05) is 12.1 Å². The highest BCUT2D eigenvalue weighted by Gasteiger charge is 2.42. The number of methoxy groups -OCH3 is 1.